The van der Waals surface area contributed by atoms with E-state index in [4.69, 9.17) is 0 Å². The smallest absolute Gasteiger partial charge is 0.173 e. The van der Waals surface area contributed by atoms with E-state index in [1.807, 2.05) is 18.4 Å². The van der Waals surface area contributed by atoms with Crippen LogP contribution < -0.4 is 0 Å². The molecule has 0 fully saturated rings. The molecule has 2 heteroatoms. The maximum Gasteiger partial charge on any atom is 0.173 e. The molecule has 0 atom stereocenters. The molecule has 0 unspecified atom stereocenters. The Labute approximate surface area is 90.2 Å². The summed E-state index contributed by atoms with van der Waals surface area (Å²) in [5.41, 5.74) is 1.37. The molecule has 0 aromatic carbocycles. The summed E-state index contributed by atoms with van der Waals surface area (Å²) >= 11 is 1.56. The zero-order valence-corrected chi connectivity index (χ0v) is 10.2. The number of hydrogen-bond donors (Lipinski definition) is 0. The number of aryl methyl sites for hydroxylation is 1. The Bertz CT molecular complexity index is 317. The van der Waals surface area contributed by atoms with E-state index < -0.39 is 0 Å². The van der Waals surface area contributed by atoms with Crippen LogP contribution in [0.1, 0.15) is 48.8 Å². The van der Waals surface area contributed by atoms with Crippen LogP contribution in [0.15, 0.2) is 11.4 Å². The molecular formula is C12H18OS. The quantitative estimate of drug-likeness (QED) is 0.687. The fourth-order valence-corrected chi connectivity index (χ4v) is 2.16. The molecule has 1 rings (SSSR count). The molecule has 0 amide bonds. The highest BCUT2D eigenvalue weighted by atomic mass is 32.1. The molecule has 0 saturated carbocycles. The van der Waals surface area contributed by atoms with Gasteiger partial charge in [0, 0.05) is 6.42 Å². The van der Waals surface area contributed by atoms with Gasteiger partial charge in [-0.05, 0) is 35.8 Å². The third kappa shape index (κ3) is 3.26. The Morgan fingerprint density at radius 2 is 2.07 bits per heavy atom. The molecule has 0 aliphatic heterocycles. The number of carbonyl (C=O) groups excluding carboxylic acids is 1. The second kappa shape index (κ2) is 4.26. The van der Waals surface area contributed by atoms with E-state index in [-0.39, 0.29) is 5.41 Å². The topological polar surface area (TPSA) is 17.1 Å². The van der Waals surface area contributed by atoms with Crippen LogP contribution in [-0.2, 0) is 0 Å². The van der Waals surface area contributed by atoms with Crippen LogP contribution >= 0.6 is 11.3 Å². The van der Waals surface area contributed by atoms with E-state index in [0.717, 1.165) is 16.9 Å². The van der Waals surface area contributed by atoms with Crippen molar-refractivity contribution in [1.82, 2.24) is 0 Å². The van der Waals surface area contributed by atoms with Gasteiger partial charge < -0.3 is 0 Å². The lowest BCUT2D eigenvalue weighted by atomic mass is 9.89. The molecule has 0 radical (unpaired) electrons. The Hall–Kier alpha value is -0.630. The minimum Gasteiger partial charge on any atom is -0.293 e. The molecule has 0 spiro atoms. The molecule has 0 aliphatic rings. The number of thiophene rings is 1. The van der Waals surface area contributed by atoms with Gasteiger partial charge in [-0.2, -0.15) is 0 Å². The SMILES string of the molecule is Cc1ccsc1C(=O)CCC(C)(C)C. The van der Waals surface area contributed by atoms with Crippen molar-refractivity contribution >= 4 is 17.1 Å². The molecule has 0 N–H and O–H groups in total. The summed E-state index contributed by atoms with van der Waals surface area (Å²) < 4.78 is 0. The van der Waals surface area contributed by atoms with Crippen molar-refractivity contribution in [1.29, 1.82) is 0 Å². The summed E-state index contributed by atoms with van der Waals surface area (Å²) in [5.74, 6) is 0.299. The lowest BCUT2D eigenvalue weighted by Crippen LogP contribution is -2.08. The highest BCUT2D eigenvalue weighted by molar-refractivity contribution is 7.12. The standard InChI is InChI=1S/C12H18OS/c1-9-6-8-14-11(9)10(13)5-7-12(2,3)4/h6,8H,5,7H2,1-4H3. The molecule has 78 valence electrons. The van der Waals surface area contributed by atoms with Crippen LogP contribution in [0.2, 0.25) is 0 Å². The largest absolute Gasteiger partial charge is 0.293 e. The maximum atomic E-state index is 11.8. The zero-order chi connectivity index (χ0) is 10.8. The first-order valence-electron chi connectivity index (χ1n) is 4.97. The number of Topliss-reactive ketones (excluding diaryl/α,β-unsaturated/α-hetero) is 1. The van der Waals surface area contributed by atoms with Crippen LogP contribution in [0.5, 0.6) is 0 Å². The van der Waals surface area contributed by atoms with Crippen LogP contribution in [0.25, 0.3) is 0 Å². The lowest BCUT2D eigenvalue weighted by Gasteiger charge is -2.16. The zero-order valence-electron chi connectivity index (χ0n) is 9.39. The van der Waals surface area contributed by atoms with Gasteiger partial charge >= 0.3 is 0 Å². The van der Waals surface area contributed by atoms with E-state index in [1.165, 1.54) is 0 Å². The highest BCUT2D eigenvalue weighted by Gasteiger charge is 2.15. The second-order valence-corrected chi connectivity index (χ2v) is 5.83. The average molecular weight is 210 g/mol. The fraction of sp³-hybridized carbons (Fsp3) is 0.583. The molecular weight excluding hydrogens is 192 g/mol. The van der Waals surface area contributed by atoms with Gasteiger partial charge in [0.15, 0.2) is 5.78 Å². The molecule has 1 heterocycles. The normalized spacial score (nSPS) is 11.7. The van der Waals surface area contributed by atoms with Crippen molar-refractivity contribution in [2.75, 3.05) is 0 Å². The highest BCUT2D eigenvalue weighted by Crippen LogP contribution is 2.24. The van der Waals surface area contributed by atoms with Crippen molar-refractivity contribution in [2.24, 2.45) is 5.41 Å². The third-order valence-electron chi connectivity index (χ3n) is 2.22. The predicted octanol–water partition coefficient (Wildman–Crippen LogP) is 4.07. The van der Waals surface area contributed by atoms with Gasteiger partial charge in [0.05, 0.1) is 4.88 Å². The summed E-state index contributed by atoms with van der Waals surface area (Å²) in [4.78, 5) is 12.7. The van der Waals surface area contributed by atoms with Crippen molar-refractivity contribution in [3.63, 3.8) is 0 Å². The molecule has 1 aromatic heterocycles. The Kier molecular flexibility index (Phi) is 3.48. The minimum absolute atomic E-state index is 0.251. The van der Waals surface area contributed by atoms with Crippen molar-refractivity contribution in [2.45, 2.75) is 40.5 Å². The third-order valence-corrected chi connectivity index (χ3v) is 3.27. The van der Waals surface area contributed by atoms with Gasteiger partial charge in [0.25, 0.3) is 0 Å². The van der Waals surface area contributed by atoms with Gasteiger partial charge in [-0.1, -0.05) is 20.8 Å². The first kappa shape index (κ1) is 11.4. The van der Waals surface area contributed by atoms with Crippen molar-refractivity contribution < 1.29 is 4.79 Å². The Morgan fingerprint density at radius 1 is 1.43 bits per heavy atom. The lowest BCUT2D eigenvalue weighted by molar-refractivity contribution is 0.0969. The van der Waals surface area contributed by atoms with Crippen molar-refractivity contribution in [3.05, 3.63) is 21.9 Å². The minimum atomic E-state index is 0.251. The van der Waals surface area contributed by atoms with Crippen LogP contribution in [0.3, 0.4) is 0 Å². The molecule has 1 nitrogen and oxygen atoms in total. The van der Waals surface area contributed by atoms with Crippen molar-refractivity contribution in [3.8, 4) is 0 Å². The van der Waals surface area contributed by atoms with Crippen LogP contribution in [0, 0.1) is 12.3 Å². The van der Waals surface area contributed by atoms with Gasteiger partial charge in [-0.15, -0.1) is 11.3 Å². The van der Waals surface area contributed by atoms with Crippen LogP contribution in [-0.4, -0.2) is 5.78 Å². The van der Waals surface area contributed by atoms with E-state index in [9.17, 15) is 4.79 Å². The number of hydrogen-bond acceptors (Lipinski definition) is 2. The second-order valence-electron chi connectivity index (χ2n) is 4.92. The van der Waals surface area contributed by atoms with E-state index in [1.54, 1.807) is 11.3 Å². The van der Waals surface area contributed by atoms with Gasteiger partial charge in [0.1, 0.15) is 0 Å². The molecule has 0 saturated heterocycles. The predicted molar refractivity (Wildman–Crippen MR) is 62.1 cm³/mol. The molecule has 14 heavy (non-hydrogen) atoms. The molecule has 0 aliphatic carbocycles. The van der Waals surface area contributed by atoms with Crippen LogP contribution in [0.4, 0.5) is 0 Å². The number of rotatable bonds is 3. The summed E-state index contributed by atoms with van der Waals surface area (Å²) in [6.07, 6.45) is 1.63. The Balaban J connectivity index is 2.56. The van der Waals surface area contributed by atoms with E-state index in [2.05, 4.69) is 20.8 Å². The van der Waals surface area contributed by atoms with Gasteiger partial charge in [-0.25, -0.2) is 0 Å². The van der Waals surface area contributed by atoms with Gasteiger partial charge in [0.2, 0.25) is 0 Å². The molecule has 1 aromatic rings. The van der Waals surface area contributed by atoms with E-state index >= 15 is 0 Å². The van der Waals surface area contributed by atoms with E-state index in [0.29, 0.717) is 12.2 Å². The number of ketones is 1. The summed E-state index contributed by atoms with van der Waals surface area (Å²) in [5, 5.41) is 1.99. The first-order valence-corrected chi connectivity index (χ1v) is 5.85. The summed E-state index contributed by atoms with van der Waals surface area (Å²) in [7, 11) is 0. The fourth-order valence-electron chi connectivity index (χ4n) is 1.26. The first-order chi connectivity index (χ1) is 6.40. The van der Waals surface area contributed by atoms with Gasteiger partial charge in [-0.3, -0.25) is 4.79 Å². The maximum absolute atomic E-state index is 11.8. The number of carbonyl (C=O) groups is 1. The Morgan fingerprint density at radius 3 is 2.50 bits per heavy atom. The summed E-state index contributed by atoms with van der Waals surface area (Å²) in [6, 6.07) is 2.01. The monoisotopic (exact) mass is 210 g/mol. The molecule has 0 bridgehead atoms. The average Bonchev–Trinajstić information content (AvgIpc) is 2.46. The summed E-state index contributed by atoms with van der Waals surface area (Å²) in [6.45, 7) is 8.51.